The quantitative estimate of drug-likeness (QED) is 0.266. The molecule has 0 atom stereocenters. The van der Waals surface area contributed by atoms with Crippen molar-refractivity contribution >= 4 is 29.5 Å². The van der Waals surface area contributed by atoms with Crippen molar-refractivity contribution in [1.82, 2.24) is 9.78 Å². The fourth-order valence-electron chi connectivity index (χ4n) is 3.01. The van der Waals surface area contributed by atoms with Crippen molar-refractivity contribution in [2.75, 3.05) is 12.4 Å². The van der Waals surface area contributed by atoms with Gasteiger partial charge in [0.25, 0.3) is 0 Å². The lowest BCUT2D eigenvalue weighted by molar-refractivity contribution is -0.402. The maximum absolute atomic E-state index is 12.3. The van der Waals surface area contributed by atoms with Crippen LogP contribution in [0.15, 0.2) is 46.9 Å². The Labute approximate surface area is 177 Å². The fraction of sp³-hybridized carbons (Fsp3) is 0.190. The topological polar surface area (TPSA) is 130 Å². The lowest BCUT2D eigenvalue weighted by atomic mass is 10.1. The van der Waals surface area contributed by atoms with E-state index in [2.05, 4.69) is 10.4 Å². The number of methoxy groups -OCH3 is 1. The monoisotopic (exact) mass is 424 g/mol. The summed E-state index contributed by atoms with van der Waals surface area (Å²) in [5, 5.41) is 17.9. The molecule has 31 heavy (non-hydrogen) atoms. The number of hydrogen-bond donors (Lipinski definition) is 1. The van der Waals surface area contributed by atoms with Crippen molar-refractivity contribution < 1.29 is 23.7 Å². The zero-order chi connectivity index (χ0) is 22.5. The maximum Gasteiger partial charge on any atom is 0.433 e. The van der Waals surface area contributed by atoms with E-state index in [0.717, 1.165) is 5.56 Å². The molecule has 3 aromatic rings. The molecule has 160 valence electrons. The number of hydrogen-bond acceptors (Lipinski definition) is 7. The molecule has 3 rings (SSSR count). The van der Waals surface area contributed by atoms with Gasteiger partial charge in [0.2, 0.25) is 5.91 Å². The van der Waals surface area contributed by atoms with Crippen LogP contribution in [0.2, 0.25) is 0 Å². The van der Waals surface area contributed by atoms with Crippen LogP contribution < -0.4 is 5.32 Å². The second kappa shape index (κ2) is 9.08. The molecule has 10 nitrogen and oxygen atoms in total. The molecule has 0 saturated heterocycles. The molecule has 1 N–H and O–H groups in total. The third-order valence-electron chi connectivity index (χ3n) is 4.56. The molecular weight excluding hydrogens is 404 g/mol. The first-order chi connectivity index (χ1) is 14.8. The van der Waals surface area contributed by atoms with Gasteiger partial charge in [0.15, 0.2) is 0 Å². The van der Waals surface area contributed by atoms with E-state index < -0.39 is 22.7 Å². The Hall–Kier alpha value is -4.21. The minimum Gasteiger partial charge on any atom is -0.465 e. The van der Waals surface area contributed by atoms with Crippen LogP contribution in [0.25, 0.3) is 6.08 Å². The first-order valence-corrected chi connectivity index (χ1v) is 9.23. The van der Waals surface area contributed by atoms with Gasteiger partial charge in [-0.2, -0.15) is 5.10 Å². The van der Waals surface area contributed by atoms with Crippen molar-refractivity contribution in [3.05, 3.63) is 80.9 Å². The van der Waals surface area contributed by atoms with E-state index in [1.807, 2.05) is 12.1 Å². The predicted octanol–water partition coefficient (Wildman–Crippen LogP) is 3.49. The SMILES string of the molecule is COC(=O)c1ccccc1Cn1nc(C)c(NC(=O)/C=C/c2ccc([N+](=O)[O-])o2)c1C. The van der Waals surface area contributed by atoms with Gasteiger partial charge in [-0.1, -0.05) is 18.2 Å². The van der Waals surface area contributed by atoms with Gasteiger partial charge in [-0.15, -0.1) is 0 Å². The van der Waals surface area contributed by atoms with Gasteiger partial charge < -0.3 is 14.5 Å². The second-order valence-corrected chi connectivity index (χ2v) is 6.61. The lowest BCUT2D eigenvalue weighted by Gasteiger charge is -2.10. The Balaban J connectivity index is 1.76. The highest BCUT2D eigenvalue weighted by Gasteiger charge is 2.17. The van der Waals surface area contributed by atoms with Crippen LogP contribution in [0.4, 0.5) is 11.6 Å². The first kappa shape index (κ1) is 21.5. The van der Waals surface area contributed by atoms with Gasteiger partial charge >= 0.3 is 11.9 Å². The molecule has 0 saturated carbocycles. The minimum absolute atomic E-state index is 0.186. The molecule has 1 aromatic carbocycles. The number of aryl methyl sites for hydroxylation is 1. The molecule has 2 aromatic heterocycles. The van der Waals surface area contributed by atoms with Crippen molar-refractivity contribution in [3.63, 3.8) is 0 Å². The number of rotatable bonds is 7. The number of nitro groups is 1. The normalized spacial score (nSPS) is 10.9. The Morgan fingerprint density at radius 3 is 2.68 bits per heavy atom. The number of aromatic nitrogens is 2. The highest BCUT2D eigenvalue weighted by atomic mass is 16.6. The number of carbonyl (C=O) groups is 2. The van der Waals surface area contributed by atoms with Gasteiger partial charge in [-0.25, -0.2) is 4.79 Å². The van der Waals surface area contributed by atoms with Crippen LogP contribution in [-0.2, 0) is 16.1 Å². The minimum atomic E-state index is -0.656. The highest BCUT2D eigenvalue weighted by molar-refractivity contribution is 6.02. The molecule has 10 heteroatoms. The standard InChI is InChI=1S/C21H20N4O6/c1-13-20(22-18(26)10-8-16-9-11-19(31-16)25(28)29)14(2)24(23-13)12-15-6-4-5-7-17(15)21(27)30-3/h4-11H,12H2,1-3H3,(H,22,26)/b10-8+. The average molecular weight is 424 g/mol. The van der Waals surface area contributed by atoms with Crippen LogP contribution in [0.5, 0.6) is 0 Å². The smallest absolute Gasteiger partial charge is 0.433 e. The number of furan rings is 1. The predicted molar refractivity (Wildman–Crippen MR) is 112 cm³/mol. The van der Waals surface area contributed by atoms with Gasteiger partial charge in [-0.3, -0.25) is 19.6 Å². The third kappa shape index (κ3) is 4.86. The van der Waals surface area contributed by atoms with Gasteiger partial charge in [-0.05, 0) is 37.6 Å². The largest absolute Gasteiger partial charge is 0.465 e. The summed E-state index contributed by atoms with van der Waals surface area (Å²) in [6, 6.07) is 9.67. The highest BCUT2D eigenvalue weighted by Crippen LogP contribution is 2.22. The molecule has 2 heterocycles. The summed E-state index contributed by atoms with van der Waals surface area (Å²) in [7, 11) is 1.32. The number of amides is 1. The van der Waals surface area contributed by atoms with Crippen LogP contribution in [0.3, 0.4) is 0 Å². The number of anilines is 1. The summed E-state index contributed by atoms with van der Waals surface area (Å²) in [5.74, 6) is -1.10. The van der Waals surface area contributed by atoms with E-state index in [4.69, 9.17) is 9.15 Å². The summed E-state index contributed by atoms with van der Waals surface area (Å²) >= 11 is 0. The van der Waals surface area contributed by atoms with Gasteiger partial charge in [0, 0.05) is 6.08 Å². The van der Waals surface area contributed by atoms with Crippen LogP contribution >= 0.6 is 0 Å². The summed E-state index contributed by atoms with van der Waals surface area (Å²) in [6.07, 6.45) is 2.55. The van der Waals surface area contributed by atoms with Gasteiger partial charge in [0.1, 0.15) is 10.7 Å². The summed E-state index contributed by atoms with van der Waals surface area (Å²) < 4.78 is 11.5. The molecular formula is C21H20N4O6. The Kier molecular flexibility index (Phi) is 6.29. The lowest BCUT2D eigenvalue weighted by Crippen LogP contribution is -2.12. The molecule has 0 unspecified atom stereocenters. The molecule has 0 aliphatic carbocycles. The van der Waals surface area contributed by atoms with E-state index in [1.54, 1.807) is 30.7 Å². The number of esters is 1. The fourth-order valence-corrected chi connectivity index (χ4v) is 3.01. The number of nitrogens with zero attached hydrogens (tertiary/aromatic N) is 3. The number of ether oxygens (including phenoxy) is 1. The zero-order valence-electron chi connectivity index (χ0n) is 17.1. The summed E-state index contributed by atoms with van der Waals surface area (Å²) in [6.45, 7) is 3.88. The Bertz CT molecular complexity index is 1170. The average Bonchev–Trinajstić information content (AvgIpc) is 3.33. The van der Waals surface area contributed by atoms with Crippen molar-refractivity contribution in [1.29, 1.82) is 0 Å². The molecule has 0 radical (unpaired) electrons. The van der Waals surface area contributed by atoms with Crippen LogP contribution in [-0.4, -0.2) is 33.7 Å². The molecule has 1 amide bonds. The van der Waals surface area contributed by atoms with Crippen molar-refractivity contribution in [3.8, 4) is 0 Å². The molecule has 0 aliphatic rings. The molecule has 0 fully saturated rings. The Morgan fingerprint density at radius 2 is 2.00 bits per heavy atom. The first-order valence-electron chi connectivity index (χ1n) is 9.23. The van der Waals surface area contributed by atoms with Crippen LogP contribution in [0.1, 0.15) is 33.1 Å². The van der Waals surface area contributed by atoms with Crippen molar-refractivity contribution in [2.45, 2.75) is 20.4 Å². The summed E-state index contributed by atoms with van der Waals surface area (Å²) in [5.41, 5.74) is 3.02. The third-order valence-corrected chi connectivity index (χ3v) is 4.56. The van der Waals surface area contributed by atoms with E-state index in [1.165, 1.54) is 31.4 Å². The number of nitrogens with one attached hydrogen (secondary N) is 1. The van der Waals surface area contributed by atoms with Gasteiger partial charge in [0.05, 0.1) is 42.4 Å². The Morgan fingerprint density at radius 1 is 1.26 bits per heavy atom. The molecule has 0 bridgehead atoms. The van der Waals surface area contributed by atoms with E-state index in [9.17, 15) is 19.7 Å². The summed E-state index contributed by atoms with van der Waals surface area (Å²) in [4.78, 5) is 34.3. The van der Waals surface area contributed by atoms with E-state index in [-0.39, 0.29) is 5.76 Å². The van der Waals surface area contributed by atoms with Crippen LogP contribution in [0, 0.1) is 24.0 Å². The van der Waals surface area contributed by atoms with E-state index in [0.29, 0.717) is 29.2 Å². The molecule has 0 aliphatic heterocycles. The maximum atomic E-state index is 12.3. The van der Waals surface area contributed by atoms with E-state index >= 15 is 0 Å². The molecule has 0 spiro atoms. The zero-order valence-corrected chi connectivity index (χ0v) is 17.1. The van der Waals surface area contributed by atoms with Crippen molar-refractivity contribution in [2.24, 2.45) is 0 Å². The number of benzene rings is 1. The number of carbonyl (C=O) groups excluding carboxylic acids is 2. The second-order valence-electron chi connectivity index (χ2n) is 6.61.